The van der Waals surface area contributed by atoms with E-state index in [1.165, 1.54) is 19.3 Å². The molecule has 1 aliphatic rings. The molecule has 1 aliphatic carbocycles. The lowest BCUT2D eigenvalue weighted by molar-refractivity contribution is -0.115. The number of ketones is 1. The smallest absolute Gasteiger partial charge is 0.159 e. The van der Waals surface area contributed by atoms with Crippen LogP contribution in [0.5, 0.6) is 0 Å². The topological polar surface area (TPSA) is 49.3 Å². The van der Waals surface area contributed by atoms with Gasteiger partial charge in [-0.25, -0.2) is 0 Å². The lowest BCUT2D eigenvalue weighted by Gasteiger charge is -2.20. The lowest BCUT2D eigenvalue weighted by Crippen LogP contribution is -2.33. The van der Waals surface area contributed by atoms with Crippen molar-refractivity contribution >= 4 is 5.78 Å². The van der Waals surface area contributed by atoms with Crippen molar-refractivity contribution in [2.75, 3.05) is 6.54 Å². The number of aliphatic hydroxyl groups excluding tert-OH is 1. The number of allylic oxidation sites excluding steroid dienone is 2. The number of hydrogen-bond acceptors (Lipinski definition) is 3. The molecule has 0 amide bonds. The van der Waals surface area contributed by atoms with Gasteiger partial charge in [0.05, 0.1) is 6.10 Å². The predicted molar refractivity (Wildman–Crippen MR) is 94.3 cm³/mol. The molecule has 3 nitrogen and oxygen atoms in total. The summed E-state index contributed by atoms with van der Waals surface area (Å²) in [6, 6.07) is 9.57. The highest BCUT2D eigenvalue weighted by molar-refractivity contribution is 5.95. The number of aliphatic hydroxyl groups is 1. The minimum Gasteiger partial charge on any atom is -0.387 e. The second kappa shape index (κ2) is 9.64. The van der Waals surface area contributed by atoms with Gasteiger partial charge in [-0.2, -0.15) is 0 Å². The molecule has 2 N–H and O–H groups in total. The van der Waals surface area contributed by atoms with Crippen LogP contribution in [0.4, 0.5) is 0 Å². The Labute approximate surface area is 139 Å². The van der Waals surface area contributed by atoms with Crippen LogP contribution in [0.3, 0.4) is 0 Å². The van der Waals surface area contributed by atoms with E-state index in [0.717, 1.165) is 30.4 Å². The van der Waals surface area contributed by atoms with Crippen molar-refractivity contribution in [3.8, 4) is 0 Å². The minimum absolute atomic E-state index is 0.0727. The number of carbonyl (C=O) groups excluding carboxylic acids is 1. The Morgan fingerprint density at radius 3 is 2.70 bits per heavy atom. The average molecular weight is 315 g/mol. The van der Waals surface area contributed by atoms with Crippen molar-refractivity contribution in [1.29, 1.82) is 0 Å². The van der Waals surface area contributed by atoms with Crippen LogP contribution in [0.15, 0.2) is 42.0 Å². The van der Waals surface area contributed by atoms with E-state index in [0.29, 0.717) is 13.0 Å². The molecule has 23 heavy (non-hydrogen) atoms. The summed E-state index contributed by atoms with van der Waals surface area (Å²) in [6.07, 6.45) is 8.94. The quantitative estimate of drug-likeness (QED) is 0.801. The zero-order valence-electron chi connectivity index (χ0n) is 14.1. The second-order valence-corrected chi connectivity index (χ2v) is 6.45. The standard InChI is InChI=1S/C20H29NO2/c1-16(20(23)18-12-8-5-9-13-18)21-15-14-19(22)17-10-6-3-2-4-7-11-17/h5,8-10,12-13,16,20-21,23H,2-4,6-7,11,14-15H2,1H3/b17-10+. The molecule has 0 aromatic heterocycles. The number of carbonyl (C=O) groups is 1. The van der Waals surface area contributed by atoms with Gasteiger partial charge < -0.3 is 10.4 Å². The fourth-order valence-corrected chi connectivity index (χ4v) is 3.07. The summed E-state index contributed by atoms with van der Waals surface area (Å²) >= 11 is 0. The van der Waals surface area contributed by atoms with Gasteiger partial charge in [0.1, 0.15) is 0 Å². The summed E-state index contributed by atoms with van der Waals surface area (Å²) in [7, 11) is 0. The molecule has 0 spiro atoms. The Balaban J connectivity index is 1.76. The van der Waals surface area contributed by atoms with Gasteiger partial charge in [-0.05, 0) is 43.7 Å². The molecule has 0 fully saturated rings. The first-order valence-electron chi connectivity index (χ1n) is 8.87. The normalized spacial score (nSPS) is 20.7. The van der Waals surface area contributed by atoms with Gasteiger partial charge in [0.2, 0.25) is 0 Å². The number of rotatable bonds is 7. The molecule has 2 atom stereocenters. The molecule has 2 unspecified atom stereocenters. The van der Waals surface area contributed by atoms with E-state index in [2.05, 4.69) is 11.4 Å². The molecule has 2 rings (SSSR count). The summed E-state index contributed by atoms with van der Waals surface area (Å²) in [6.45, 7) is 2.57. The highest BCUT2D eigenvalue weighted by atomic mass is 16.3. The van der Waals surface area contributed by atoms with E-state index in [1.54, 1.807) is 0 Å². The molecule has 1 aromatic rings. The molecule has 0 saturated carbocycles. The monoisotopic (exact) mass is 315 g/mol. The van der Waals surface area contributed by atoms with Crippen LogP contribution in [0.1, 0.15) is 63.5 Å². The Hall–Kier alpha value is -1.45. The zero-order chi connectivity index (χ0) is 16.5. The maximum absolute atomic E-state index is 12.3. The largest absolute Gasteiger partial charge is 0.387 e. The first-order valence-corrected chi connectivity index (χ1v) is 8.87. The molecular weight excluding hydrogens is 286 g/mol. The molecule has 126 valence electrons. The molecule has 0 heterocycles. The van der Waals surface area contributed by atoms with Crippen LogP contribution < -0.4 is 5.32 Å². The molecule has 0 radical (unpaired) electrons. The highest BCUT2D eigenvalue weighted by Gasteiger charge is 2.16. The summed E-state index contributed by atoms with van der Waals surface area (Å²) in [5.41, 5.74) is 1.92. The lowest BCUT2D eigenvalue weighted by atomic mass is 9.96. The van der Waals surface area contributed by atoms with Crippen LogP contribution in [0.2, 0.25) is 0 Å². The summed E-state index contributed by atoms with van der Waals surface area (Å²) < 4.78 is 0. The van der Waals surface area contributed by atoms with Gasteiger partial charge in [-0.1, -0.05) is 49.2 Å². The van der Waals surface area contributed by atoms with E-state index >= 15 is 0 Å². The summed E-state index contributed by atoms with van der Waals surface area (Å²) in [5.74, 6) is 0.265. The van der Waals surface area contributed by atoms with Crippen molar-refractivity contribution in [2.24, 2.45) is 0 Å². The van der Waals surface area contributed by atoms with Crippen LogP contribution in [-0.2, 0) is 4.79 Å². The Bertz CT molecular complexity index is 510. The van der Waals surface area contributed by atoms with Crippen molar-refractivity contribution in [1.82, 2.24) is 5.32 Å². The molecule has 0 bridgehead atoms. The van der Waals surface area contributed by atoms with Gasteiger partial charge in [0.25, 0.3) is 0 Å². The molecule has 0 saturated heterocycles. The van der Waals surface area contributed by atoms with E-state index < -0.39 is 6.10 Å². The van der Waals surface area contributed by atoms with E-state index in [1.807, 2.05) is 37.3 Å². The Morgan fingerprint density at radius 2 is 1.91 bits per heavy atom. The second-order valence-electron chi connectivity index (χ2n) is 6.45. The van der Waals surface area contributed by atoms with Crippen molar-refractivity contribution < 1.29 is 9.90 Å². The molecule has 1 aromatic carbocycles. The highest BCUT2D eigenvalue weighted by Crippen LogP contribution is 2.19. The first kappa shape index (κ1) is 17.9. The molecular formula is C20H29NO2. The van der Waals surface area contributed by atoms with Gasteiger partial charge in [-0.15, -0.1) is 0 Å². The fraction of sp³-hybridized carbons (Fsp3) is 0.550. The van der Waals surface area contributed by atoms with Gasteiger partial charge in [0.15, 0.2) is 5.78 Å². The van der Waals surface area contributed by atoms with Crippen molar-refractivity contribution in [3.63, 3.8) is 0 Å². The Kier molecular flexibility index (Phi) is 7.50. The number of benzene rings is 1. The van der Waals surface area contributed by atoms with Gasteiger partial charge >= 0.3 is 0 Å². The summed E-state index contributed by atoms with van der Waals surface area (Å²) in [4.78, 5) is 12.3. The van der Waals surface area contributed by atoms with Crippen LogP contribution in [-0.4, -0.2) is 23.5 Å². The summed E-state index contributed by atoms with van der Waals surface area (Å²) in [5, 5.41) is 13.6. The maximum atomic E-state index is 12.3. The number of hydrogen-bond donors (Lipinski definition) is 2. The fourth-order valence-electron chi connectivity index (χ4n) is 3.07. The van der Waals surface area contributed by atoms with Crippen LogP contribution in [0.25, 0.3) is 0 Å². The minimum atomic E-state index is -0.549. The SMILES string of the molecule is CC(NCCC(=O)/C1=C/CCCCCC1)C(O)c1ccccc1. The molecule has 3 heteroatoms. The third-order valence-corrected chi connectivity index (χ3v) is 4.58. The average Bonchev–Trinajstić information content (AvgIpc) is 2.54. The third kappa shape index (κ3) is 5.92. The van der Waals surface area contributed by atoms with E-state index in [4.69, 9.17) is 0 Å². The predicted octanol–water partition coefficient (Wildman–Crippen LogP) is 3.94. The zero-order valence-corrected chi connectivity index (χ0v) is 14.1. The number of Topliss-reactive ketones (excluding diaryl/α,β-unsaturated/α-hetero) is 1. The van der Waals surface area contributed by atoms with Crippen molar-refractivity contribution in [3.05, 3.63) is 47.5 Å². The van der Waals surface area contributed by atoms with E-state index in [-0.39, 0.29) is 11.8 Å². The Morgan fingerprint density at radius 1 is 1.17 bits per heavy atom. The maximum Gasteiger partial charge on any atom is 0.159 e. The van der Waals surface area contributed by atoms with Crippen LogP contribution >= 0.6 is 0 Å². The molecule has 0 aliphatic heterocycles. The van der Waals surface area contributed by atoms with Gasteiger partial charge in [-0.3, -0.25) is 4.79 Å². The van der Waals surface area contributed by atoms with Crippen molar-refractivity contribution in [2.45, 2.75) is 64.0 Å². The number of nitrogens with one attached hydrogen (secondary N) is 1. The van der Waals surface area contributed by atoms with Gasteiger partial charge in [0, 0.05) is 19.0 Å². The van der Waals surface area contributed by atoms with Crippen LogP contribution in [0, 0.1) is 0 Å². The third-order valence-electron chi connectivity index (χ3n) is 4.58. The van der Waals surface area contributed by atoms with E-state index in [9.17, 15) is 9.90 Å². The first-order chi connectivity index (χ1) is 11.2.